The summed E-state index contributed by atoms with van der Waals surface area (Å²) < 4.78 is 0. The van der Waals surface area contributed by atoms with Crippen LogP contribution in [0.1, 0.15) is 54.4 Å². The molecule has 0 aromatic rings. The van der Waals surface area contributed by atoms with Gasteiger partial charge in [0.2, 0.25) is 0 Å². The SMILES string of the molecule is C=C(NC)C(NC(=C)[C@@H](C)C(/C=C\CCC(C)C)=C/C)C(C)C. The Morgan fingerprint density at radius 2 is 1.65 bits per heavy atom. The summed E-state index contributed by atoms with van der Waals surface area (Å²) in [7, 11) is 1.92. The molecule has 0 aliphatic carbocycles. The van der Waals surface area contributed by atoms with Crippen molar-refractivity contribution in [2.24, 2.45) is 17.8 Å². The van der Waals surface area contributed by atoms with E-state index in [9.17, 15) is 0 Å². The van der Waals surface area contributed by atoms with E-state index in [-0.39, 0.29) is 12.0 Å². The Kier molecular flexibility index (Phi) is 10.5. The van der Waals surface area contributed by atoms with Crippen molar-refractivity contribution in [2.45, 2.75) is 60.4 Å². The van der Waals surface area contributed by atoms with E-state index in [0.717, 1.165) is 23.7 Å². The van der Waals surface area contributed by atoms with Gasteiger partial charge in [-0.05, 0) is 37.2 Å². The minimum absolute atomic E-state index is 0.193. The lowest BCUT2D eigenvalue weighted by Crippen LogP contribution is -2.39. The first-order chi connectivity index (χ1) is 10.7. The molecule has 0 saturated heterocycles. The maximum Gasteiger partial charge on any atom is 0.0673 e. The molecular weight excluding hydrogens is 280 g/mol. The highest BCUT2D eigenvalue weighted by Gasteiger charge is 2.19. The van der Waals surface area contributed by atoms with Gasteiger partial charge in [-0.25, -0.2) is 0 Å². The first-order valence-electron chi connectivity index (χ1n) is 8.89. The average Bonchev–Trinajstić information content (AvgIpc) is 2.50. The number of likely N-dealkylation sites (N-methyl/N-ethyl adjacent to an activating group) is 1. The lowest BCUT2D eigenvalue weighted by molar-refractivity contribution is 0.451. The number of nitrogens with one attached hydrogen (secondary N) is 2. The fraction of sp³-hybridized carbons (Fsp3) is 0.619. The van der Waals surface area contributed by atoms with Gasteiger partial charge < -0.3 is 10.6 Å². The van der Waals surface area contributed by atoms with Crippen molar-refractivity contribution in [1.29, 1.82) is 0 Å². The number of rotatable bonds is 11. The maximum absolute atomic E-state index is 4.26. The Hall–Kier alpha value is -1.44. The van der Waals surface area contributed by atoms with Crippen LogP contribution in [0.4, 0.5) is 0 Å². The molecule has 0 rings (SSSR count). The molecule has 0 amide bonds. The summed E-state index contributed by atoms with van der Waals surface area (Å²) in [5.41, 5.74) is 3.35. The van der Waals surface area contributed by atoms with Crippen LogP contribution >= 0.6 is 0 Å². The van der Waals surface area contributed by atoms with Crippen molar-refractivity contribution in [3.05, 3.63) is 48.4 Å². The van der Waals surface area contributed by atoms with Crippen LogP contribution in [0.15, 0.2) is 48.4 Å². The maximum atomic E-state index is 4.26. The zero-order valence-electron chi connectivity index (χ0n) is 16.4. The van der Waals surface area contributed by atoms with E-state index in [4.69, 9.17) is 0 Å². The van der Waals surface area contributed by atoms with Crippen molar-refractivity contribution in [3.8, 4) is 0 Å². The molecule has 0 saturated carbocycles. The zero-order valence-corrected chi connectivity index (χ0v) is 16.4. The fourth-order valence-corrected chi connectivity index (χ4v) is 2.48. The minimum Gasteiger partial charge on any atom is -0.390 e. The molecule has 0 aliphatic rings. The van der Waals surface area contributed by atoms with Crippen molar-refractivity contribution in [3.63, 3.8) is 0 Å². The van der Waals surface area contributed by atoms with Crippen LogP contribution in [0.25, 0.3) is 0 Å². The standard InChI is InChI=1S/C21H38N2/c1-10-20(14-12-11-13-15(2)3)17(6)18(7)23-21(16(4)5)19(8)22-9/h10,12,14-17,21-23H,7-8,11,13H2,1-6,9H3/b14-12-,20-10+/t17-,21?/m1/s1. The lowest BCUT2D eigenvalue weighted by atomic mass is 9.94. The molecule has 0 aromatic heterocycles. The van der Waals surface area contributed by atoms with E-state index in [1.165, 1.54) is 12.0 Å². The molecule has 132 valence electrons. The molecule has 0 fully saturated rings. The Labute approximate surface area is 144 Å². The Morgan fingerprint density at radius 1 is 1.04 bits per heavy atom. The van der Waals surface area contributed by atoms with Gasteiger partial charge in [0, 0.05) is 24.4 Å². The van der Waals surface area contributed by atoms with Gasteiger partial charge in [-0.3, -0.25) is 0 Å². The normalized spacial score (nSPS) is 15.1. The monoisotopic (exact) mass is 318 g/mol. The predicted octanol–water partition coefficient (Wildman–Crippen LogP) is 5.42. The molecule has 0 heterocycles. The van der Waals surface area contributed by atoms with Gasteiger partial charge in [0.15, 0.2) is 0 Å². The summed E-state index contributed by atoms with van der Waals surface area (Å²) >= 11 is 0. The first-order valence-corrected chi connectivity index (χ1v) is 8.89. The second kappa shape index (κ2) is 11.2. The molecule has 1 unspecified atom stereocenters. The lowest BCUT2D eigenvalue weighted by Gasteiger charge is -2.29. The summed E-state index contributed by atoms with van der Waals surface area (Å²) in [6, 6.07) is 0.193. The zero-order chi connectivity index (χ0) is 18.0. The van der Waals surface area contributed by atoms with Crippen molar-refractivity contribution in [2.75, 3.05) is 7.05 Å². The molecule has 2 N–H and O–H groups in total. The third-order valence-corrected chi connectivity index (χ3v) is 4.28. The summed E-state index contributed by atoms with van der Waals surface area (Å²) in [6.07, 6.45) is 9.08. The average molecular weight is 319 g/mol. The fourth-order valence-electron chi connectivity index (χ4n) is 2.48. The van der Waals surface area contributed by atoms with Crippen LogP contribution in [-0.2, 0) is 0 Å². The molecular formula is C21H38N2. The highest BCUT2D eigenvalue weighted by molar-refractivity contribution is 5.28. The van der Waals surface area contributed by atoms with E-state index in [0.29, 0.717) is 5.92 Å². The topological polar surface area (TPSA) is 24.1 Å². The molecule has 0 aromatic carbocycles. The Balaban J connectivity index is 4.80. The van der Waals surface area contributed by atoms with Crippen LogP contribution in [-0.4, -0.2) is 13.1 Å². The van der Waals surface area contributed by atoms with Gasteiger partial charge >= 0.3 is 0 Å². The van der Waals surface area contributed by atoms with Gasteiger partial charge in [0.05, 0.1) is 6.04 Å². The van der Waals surface area contributed by atoms with Gasteiger partial charge in [-0.2, -0.15) is 0 Å². The quantitative estimate of drug-likeness (QED) is 0.497. The van der Waals surface area contributed by atoms with Crippen LogP contribution in [0.5, 0.6) is 0 Å². The van der Waals surface area contributed by atoms with E-state index in [1.54, 1.807) is 0 Å². The summed E-state index contributed by atoms with van der Waals surface area (Å²) in [6.45, 7) is 21.6. The van der Waals surface area contributed by atoms with E-state index in [2.05, 4.69) is 83.6 Å². The van der Waals surface area contributed by atoms with Crippen LogP contribution in [0.2, 0.25) is 0 Å². The summed E-state index contributed by atoms with van der Waals surface area (Å²) in [4.78, 5) is 0. The van der Waals surface area contributed by atoms with Crippen molar-refractivity contribution >= 4 is 0 Å². The highest BCUT2D eigenvalue weighted by Crippen LogP contribution is 2.21. The van der Waals surface area contributed by atoms with Gasteiger partial charge in [-0.1, -0.05) is 66.0 Å². The molecule has 2 atom stereocenters. The Bertz CT molecular complexity index is 427. The minimum atomic E-state index is 0.193. The molecule has 0 radical (unpaired) electrons. The van der Waals surface area contributed by atoms with E-state index in [1.807, 2.05) is 7.05 Å². The smallest absolute Gasteiger partial charge is 0.0673 e. The number of hydrogen-bond acceptors (Lipinski definition) is 2. The Morgan fingerprint density at radius 3 is 2.09 bits per heavy atom. The third kappa shape index (κ3) is 8.11. The third-order valence-electron chi connectivity index (χ3n) is 4.28. The number of allylic oxidation sites excluding steroid dienone is 4. The van der Waals surface area contributed by atoms with E-state index >= 15 is 0 Å². The largest absolute Gasteiger partial charge is 0.390 e. The van der Waals surface area contributed by atoms with Crippen molar-refractivity contribution < 1.29 is 0 Å². The van der Waals surface area contributed by atoms with Crippen molar-refractivity contribution in [1.82, 2.24) is 10.6 Å². The predicted molar refractivity (Wildman–Crippen MR) is 105 cm³/mol. The van der Waals surface area contributed by atoms with Crippen LogP contribution in [0, 0.1) is 17.8 Å². The van der Waals surface area contributed by atoms with Gasteiger partial charge in [-0.15, -0.1) is 0 Å². The van der Waals surface area contributed by atoms with Crippen LogP contribution < -0.4 is 10.6 Å². The van der Waals surface area contributed by atoms with Crippen LogP contribution in [0.3, 0.4) is 0 Å². The molecule has 0 aliphatic heterocycles. The second-order valence-electron chi connectivity index (χ2n) is 7.05. The number of hydrogen-bond donors (Lipinski definition) is 2. The van der Waals surface area contributed by atoms with E-state index < -0.39 is 0 Å². The van der Waals surface area contributed by atoms with Gasteiger partial charge in [0.25, 0.3) is 0 Å². The molecule has 2 nitrogen and oxygen atoms in total. The molecule has 2 heteroatoms. The second-order valence-corrected chi connectivity index (χ2v) is 7.05. The summed E-state index contributed by atoms with van der Waals surface area (Å²) in [5, 5.41) is 6.72. The molecule has 0 spiro atoms. The molecule has 0 bridgehead atoms. The summed E-state index contributed by atoms with van der Waals surface area (Å²) in [5.74, 6) is 1.48. The highest BCUT2D eigenvalue weighted by atomic mass is 15.0. The first kappa shape index (κ1) is 21.6. The molecule has 23 heavy (non-hydrogen) atoms. The van der Waals surface area contributed by atoms with Gasteiger partial charge in [0.1, 0.15) is 0 Å².